The Morgan fingerprint density at radius 2 is 2.04 bits per heavy atom. The van der Waals surface area contributed by atoms with Gasteiger partial charge in [0.05, 0.1) is 24.2 Å². The maximum atomic E-state index is 12.7. The first kappa shape index (κ1) is 19.0. The Balaban J connectivity index is 2.01. The maximum Gasteiger partial charge on any atom is 0.410 e. The second-order valence-electron chi connectivity index (χ2n) is 7.88. The van der Waals surface area contributed by atoms with Crippen molar-refractivity contribution in [3.63, 3.8) is 0 Å². The zero-order valence-electron chi connectivity index (χ0n) is 16.3. The number of hydrogen-bond donors (Lipinski definition) is 0. The Hall–Kier alpha value is -1.73. The van der Waals surface area contributed by atoms with Crippen LogP contribution in [-0.4, -0.2) is 39.8 Å². The third-order valence-electron chi connectivity index (χ3n) is 4.35. The number of carbonyl (C=O) groups is 1. The lowest BCUT2D eigenvalue weighted by Crippen LogP contribution is -2.46. The number of hydrogen-bond acceptors (Lipinski definition) is 5. The number of nitrogens with zero attached hydrogens (tertiary/aromatic N) is 3. The van der Waals surface area contributed by atoms with E-state index in [-0.39, 0.29) is 18.1 Å². The number of rotatable bonds is 3. The molecule has 6 nitrogen and oxygen atoms in total. The van der Waals surface area contributed by atoms with Crippen LogP contribution in [0.3, 0.4) is 0 Å². The van der Waals surface area contributed by atoms with Crippen LogP contribution in [0.25, 0.3) is 11.0 Å². The van der Waals surface area contributed by atoms with Crippen molar-refractivity contribution in [3.8, 4) is 0 Å². The lowest BCUT2D eigenvalue weighted by molar-refractivity contribution is 0.00401. The molecule has 7 heteroatoms. The van der Waals surface area contributed by atoms with E-state index in [4.69, 9.17) is 13.9 Å². The number of imidazole rings is 1. The van der Waals surface area contributed by atoms with Crippen LogP contribution in [-0.2, 0) is 15.5 Å². The Labute approximate surface area is 159 Å². The van der Waals surface area contributed by atoms with E-state index < -0.39 is 5.60 Å². The molecule has 2 aromatic rings. The summed E-state index contributed by atoms with van der Waals surface area (Å²) in [5.74, 6) is 1.15. The van der Waals surface area contributed by atoms with Crippen LogP contribution in [0.1, 0.15) is 46.5 Å². The van der Waals surface area contributed by atoms with Gasteiger partial charge in [-0.3, -0.25) is 4.90 Å². The highest BCUT2D eigenvalue weighted by molar-refractivity contribution is 7.94. The normalized spacial score (nSPS) is 17.7. The van der Waals surface area contributed by atoms with E-state index in [2.05, 4.69) is 24.5 Å². The van der Waals surface area contributed by atoms with Gasteiger partial charge >= 0.3 is 6.09 Å². The molecule has 1 unspecified atom stereocenters. The summed E-state index contributed by atoms with van der Waals surface area (Å²) < 4.78 is 13.0. The van der Waals surface area contributed by atoms with Crippen LogP contribution in [0.15, 0.2) is 23.1 Å². The first-order chi connectivity index (χ1) is 12.2. The van der Waals surface area contributed by atoms with Gasteiger partial charge in [-0.15, -0.1) is 0 Å². The van der Waals surface area contributed by atoms with Gasteiger partial charge in [0.1, 0.15) is 11.4 Å². The van der Waals surface area contributed by atoms with Gasteiger partial charge in [-0.1, -0.05) is 13.8 Å². The quantitative estimate of drug-likeness (QED) is 0.730. The Morgan fingerprint density at radius 3 is 2.65 bits per heavy atom. The van der Waals surface area contributed by atoms with Gasteiger partial charge in [0, 0.05) is 30.0 Å². The predicted molar refractivity (Wildman–Crippen MR) is 103 cm³/mol. The summed E-state index contributed by atoms with van der Waals surface area (Å²) in [5.41, 5.74) is 1.51. The molecule has 0 fully saturated rings. The van der Waals surface area contributed by atoms with E-state index in [1.807, 2.05) is 37.8 Å². The molecule has 142 valence electrons. The molecular weight excluding hydrogens is 350 g/mol. The van der Waals surface area contributed by atoms with E-state index in [1.165, 1.54) is 12.0 Å². The van der Waals surface area contributed by atoms with Gasteiger partial charge < -0.3 is 13.5 Å². The molecule has 0 radical (unpaired) electrons. The fraction of sp³-hybridized carbons (Fsp3) is 0.579. The van der Waals surface area contributed by atoms with Crippen molar-refractivity contribution in [2.75, 3.05) is 13.7 Å². The monoisotopic (exact) mass is 377 g/mol. The van der Waals surface area contributed by atoms with Crippen molar-refractivity contribution < 1.29 is 13.7 Å². The minimum absolute atomic E-state index is 0.107. The largest absolute Gasteiger partial charge is 0.444 e. The molecule has 1 aliphatic rings. The number of aromatic nitrogens is 2. The van der Waals surface area contributed by atoms with Gasteiger partial charge in [-0.05, 0) is 44.9 Å². The van der Waals surface area contributed by atoms with Crippen LogP contribution in [0.4, 0.5) is 4.79 Å². The summed E-state index contributed by atoms with van der Waals surface area (Å²) in [7, 11) is 1.66. The highest BCUT2D eigenvalue weighted by atomic mass is 32.2. The number of benzene rings is 1. The molecule has 1 amide bonds. The Morgan fingerprint density at radius 1 is 1.31 bits per heavy atom. The van der Waals surface area contributed by atoms with Crippen LogP contribution in [0.2, 0.25) is 0 Å². The molecule has 2 heterocycles. The van der Waals surface area contributed by atoms with Crippen molar-refractivity contribution in [1.29, 1.82) is 0 Å². The molecule has 26 heavy (non-hydrogen) atoms. The number of fused-ring (bicyclic) bond motifs is 3. The lowest BCUT2D eigenvalue weighted by atomic mass is 10.0. The Bertz CT molecular complexity index is 810. The average Bonchev–Trinajstić information content (AvgIpc) is 2.90. The Kier molecular flexibility index (Phi) is 5.21. The topological polar surface area (TPSA) is 56.6 Å². The van der Waals surface area contributed by atoms with Crippen molar-refractivity contribution in [2.24, 2.45) is 5.92 Å². The molecule has 1 aromatic carbocycles. The highest BCUT2D eigenvalue weighted by Crippen LogP contribution is 2.36. The molecule has 1 aromatic heterocycles. The predicted octanol–water partition coefficient (Wildman–Crippen LogP) is 4.64. The van der Waals surface area contributed by atoms with Crippen LogP contribution >= 0.6 is 12.0 Å². The molecule has 1 atom stereocenters. The second kappa shape index (κ2) is 7.12. The molecule has 0 saturated carbocycles. The van der Waals surface area contributed by atoms with Gasteiger partial charge in [0.25, 0.3) is 0 Å². The molecule has 0 aliphatic carbocycles. The van der Waals surface area contributed by atoms with Crippen molar-refractivity contribution in [2.45, 2.75) is 57.7 Å². The number of ether oxygens (including phenoxy) is 1. The second-order valence-corrected chi connectivity index (χ2v) is 8.86. The standard InChI is InChI=1S/C19H27N3O3S/c1-12(2)16-17-20-14-8-7-13(26-24-6)11-15(14)21(17)9-10-22(16)18(23)25-19(3,4)5/h7-8,11-12,16H,9-10H2,1-6H3. The summed E-state index contributed by atoms with van der Waals surface area (Å²) in [6, 6.07) is 6.01. The summed E-state index contributed by atoms with van der Waals surface area (Å²) in [6.45, 7) is 11.2. The number of amides is 1. The third kappa shape index (κ3) is 3.69. The highest BCUT2D eigenvalue weighted by Gasteiger charge is 2.37. The van der Waals surface area contributed by atoms with Gasteiger partial charge in [-0.2, -0.15) is 0 Å². The fourth-order valence-electron chi connectivity index (χ4n) is 3.40. The summed E-state index contributed by atoms with van der Waals surface area (Å²) in [5, 5.41) is 0. The number of carbonyl (C=O) groups excluding carboxylic acids is 1. The summed E-state index contributed by atoms with van der Waals surface area (Å²) >= 11 is 1.34. The van der Waals surface area contributed by atoms with Gasteiger partial charge in [0.2, 0.25) is 0 Å². The van der Waals surface area contributed by atoms with Crippen molar-refractivity contribution in [3.05, 3.63) is 24.0 Å². The molecule has 3 rings (SSSR count). The first-order valence-electron chi connectivity index (χ1n) is 8.91. The molecular formula is C19H27N3O3S. The zero-order chi connectivity index (χ0) is 19.1. The minimum atomic E-state index is -0.511. The van der Waals surface area contributed by atoms with E-state index in [1.54, 1.807) is 7.11 Å². The summed E-state index contributed by atoms with van der Waals surface area (Å²) in [4.78, 5) is 20.5. The maximum absolute atomic E-state index is 12.7. The van der Waals surface area contributed by atoms with Crippen LogP contribution in [0, 0.1) is 5.92 Å². The SMILES string of the molecule is COSc1ccc2nc3n(c2c1)CCN(C(=O)OC(C)(C)C)C3C(C)C. The summed E-state index contributed by atoms with van der Waals surface area (Å²) in [6.07, 6.45) is -0.273. The fourth-order valence-corrected chi connectivity index (χ4v) is 3.88. The first-order valence-corrected chi connectivity index (χ1v) is 9.66. The lowest BCUT2D eigenvalue weighted by Gasteiger charge is -2.38. The van der Waals surface area contributed by atoms with E-state index in [0.29, 0.717) is 13.1 Å². The van der Waals surface area contributed by atoms with Crippen LogP contribution < -0.4 is 0 Å². The molecule has 0 bridgehead atoms. The van der Waals surface area contributed by atoms with Crippen molar-refractivity contribution in [1.82, 2.24) is 14.5 Å². The molecule has 1 aliphatic heterocycles. The molecule has 0 saturated heterocycles. The van der Waals surface area contributed by atoms with Crippen molar-refractivity contribution >= 4 is 29.2 Å². The smallest absolute Gasteiger partial charge is 0.410 e. The van der Waals surface area contributed by atoms with Gasteiger partial charge in [0.15, 0.2) is 0 Å². The van der Waals surface area contributed by atoms with E-state index in [9.17, 15) is 4.79 Å². The van der Waals surface area contributed by atoms with Crippen LogP contribution in [0.5, 0.6) is 0 Å². The molecule has 0 spiro atoms. The average molecular weight is 378 g/mol. The van der Waals surface area contributed by atoms with Gasteiger partial charge in [-0.25, -0.2) is 9.78 Å². The third-order valence-corrected chi connectivity index (χ3v) is 4.97. The van der Waals surface area contributed by atoms with E-state index in [0.717, 1.165) is 21.8 Å². The zero-order valence-corrected chi connectivity index (χ0v) is 17.1. The minimum Gasteiger partial charge on any atom is -0.444 e. The van der Waals surface area contributed by atoms with E-state index >= 15 is 0 Å². The molecule has 0 N–H and O–H groups in total.